The van der Waals surface area contributed by atoms with Crippen LogP contribution in [-0.2, 0) is 9.53 Å². The van der Waals surface area contributed by atoms with Crippen LogP contribution in [0.1, 0.15) is 15.9 Å². The normalized spacial score (nSPS) is 9.82. The molecule has 0 aliphatic rings. The Hall–Kier alpha value is -3.44. The first-order valence-electron chi connectivity index (χ1n) is 7.90. The molecule has 0 fully saturated rings. The quantitative estimate of drug-likeness (QED) is 0.706. The maximum atomic E-state index is 12.4. The predicted molar refractivity (Wildman–Crippen MR) is 101 cm³/mol. The molecular formula is C19H17ClN2O6. The molecule has 0 spiro atoms. The van der Waals surface area contributed by atoms with Crippen molar-refractivity contribution in [3.63, 3.8) is 0 Å². The Bertz CT molecular complexity index is 939. The van der Waals surface area contributed by atoms with Gasteiger partial charge in [-0.05, 0) is 18.2 Å². The van der Waals surface area contributed by atoms with Crippen molar-refractivity contribution < 1.29 is 28.5 Å². The zero-order valence-corrected chi connectivity index (χ0v) is 16.1. The summed E-state index contributed by atoms with van der Waals surface area (Å²) in [7, 11) is 4.27. The molecule has 2 rings (SSSR count). The van der Waals surface area contributed by atoms with E-state index in [1.54, 1.807) is 0 Å². The summed E-state index contributed by atoms with van der Waals surface area (Å²) in [5.74, 6) is -0.445. The molecule has 2 aromatic carbocycles. The fraction of sp³-hybridized carbons (Fsp3) is 0.211. The van der Waals surface area contributed by atoms with E-state index in [0.717, 1.165) is 0 Å². The Kier molecular flexibility index (Phi) is 7.07. The molecule has 1 amide bonds. The van der Waals surface area contributed by atoms with Crippen LogP contribution in [0.25, 0.3) is 0 Å². The van der Waals surface area contributed by atoms with Gasteiger partial charge in [0.15, 0.2) is 18.1 Å². The highest BCUT2D eigenvalue weighted by Gasteiger charge is 2.20. The van der Waals surface area contributed by atoms with Crippen LogP contribution in [0.5, 0.6) is 17.2 Å². The molecule has 2 aromatic rings. The van der Waals surface area contributed by atoms with Gasteiger partial charge in [0.2, 0.25) is 0 Å². The van der Waals surface area contributed by atoms with E-state index < -0.39 is 18.5 Å². The Morgan fingerprint density at radius 3 is 2.25 bits per heavy atom. The molecular weight excluding hydrogens is 388 g/mol. The van der Waals surface area contributed by atoms with Crippen molar-refractivity contribution in [2.75, 3.05) is 33.3 Å². The molecule has 1 N–H and O–H groups in total. The number of nitriles is 1. The lowest BCUT2D eigenvalue weighted by atomic mass is 10.1. The molecule has 0 aliphatic carbocycles. The zero-order valence-electron chi connectivity index (χ0n) is 15.4. The summed E-state index contributed by atoms with van der Waals surface area (Å²) in [5, 5.41) is 11.6. The summed E-state index contributed by atoms with van der Waals surface area (Å²) in [6.07, 6.45) is 0. The van der Waals surface area contributed by atoms with Gasteiger partial charge in [-0.2, -0.15) is 5.26 Å². The lowest BCUT2D eigenvalue weighted by Crippen LogP contribution is -2.21. The number of hydrogen-bond acceptors (Lipinski definition) is 7. The molecule has 9 heteroatoms. The van der Waals surface area contributed by atoms with Gasteiger partial charge in [-0.1, -0.05) is 11.6 Å². The average Bonchev–Trinajstić information content (AvgIpc) is 2.71. The second-order valence-electron chi connectivity index (χ2n) is 5.34. The zero-order chi connectivity index (χ0) is 20.7. The number of hydrogen-bond donors (Lipinski definition) is 1. The number of nitrogens with one attached hydrogen (secondary N) is 1. The third-order valence-corrected chi connectivity index (χ3v) is 3.95. The molecule has 28 heavy (non-hydrogen) atoms. The molecule has 0 radical (unpaired) electrons. The summed E-state index contributed by atoms with van der Waals surface area (Å²) in [5.41, 5.74) is 0.731. The molecule has 0 bridgehead atoms. The highest BCUT2D eigenvalue weighted by molar-refractivity contribution is 6.32. The second-order valence-corrected chi connectivity index (χ2v) is 5.75. The number of carbonyl (C=O) groups excluding carboxylic acids is 2. The molecule has 0 aliphatic heterocycles. The number of rotatable bonds is 7. The summed E-state index contributed by atoms with van der Waals surface area (Å²) < 4.78 is 20.5. The Labute approximate surface area is 166 Å². The Morgan fingerprint density at radius 2 is 1.68 bits per heavy atom. The number of nitrogens with zero attached hydrogens (tertiary/aromatic N) is 1. The number of anilines is 1. The van der Waals surface area contributed by atoms with E-state index in [0.29, 0.717) is 17.2 Å². The molecule has 0 heterocycles. The standard InChI is InChI=1S/C19H17ClN2O6/c1-25-15-8-17(27-3)16(26-2)7-13(15)19(24)28-10-18(23)22-12-5-4-11(9-21)14(20)6-12/h4-8H,10H2,1-3H3,(H,22,23). The number of carbonyl (C=O) groups is 2. The van der Waals surface area contributed by atoms with Crippen molar-refractivity contribution in [1.29, 1.82) is 5.26 Å². The van der Waals surface area contributed by atoms with Crippen LogP contribution >= 0.6 is 11.6 Å². The lowest BCUT2D eigenvalue weighted by molar-refractivity contribution is -0.119. The van der Waals surface area contributed by atoms with Gasteiger partial charge < -0.3 is 24.3 Å². The van der Waals surface area contributed by atoms with E-state index in [1.807, 2.05) is 6.07 Å². The van der Waals surface area contributed by atoms with Crippen molar-refractivity contribution >= 4 is 29.2 Å². The van der Waals surface area contributed by atoms with Crippen LogP contribution in [0.15, 0.2) is 30.3 Å². The van der Waals surface area contributed by atoms with Crippen LogP contribution in [-0.4, -0.2) is 39.8 Å². The summed E-state index contributed by atoms with van der Waals surface area (Å²) in [6, 6.07) is 9.21. The van der Waals surface area contributed by atoms with Gasteiger partial charge in [-0.3, -0.25) is 4.79 Å². The van der Waals surface area contributed by atoms with Gasteiger partial charge in [-0.15, -0.1) is 0 Å². The number of benzene rings is 2. The number of halogens is 1. The van der Waals surface area contributed by atoms with Crippen LogP contribution in [0.2, 0.25) is 5.02 Å². The number of esters is 1. The highest BCUT2D eigenvalue weighted by atomic mass is 35.5. The first-order valence-corrected chi connectivity index (χ1v) is 8.28. The third kappa shape index (κ3) is 4.84. The minimum absolute atomic E-state index is 0.0781. The largest absolute Gasteiger partial charge is 0.496 e. The molecule has 146 valence electrons. The maximum Gasteiger partial charge on any atom is 0.342 e. The van der Waals surface area contributed by atoms with Gasteiger partial charge in [-0.25, -0.2) is 4.79 Å². The lowest BCUT2D eigenvalue weighted by Gasteiger charge is -2.13. The molecule has 0 unspecified atom stereocenters. The van der Waals surface area contributed by atoms with Crippen molar-refractivity contribution in [1.82, 2.24) is 0 Å². The van der Waals surface area contributed by atoms with E-state index in [1.165, 1.54) is 51.7 Å². The molecule has 0 saturated carbocycles. The summed E-state index contributed by atoms with van der Waals surface area (Å²) >= 11 is 5.91. The fourth-order valence-corrected chi connectivity index (χ4v) is 2.50. The van der Waals surface area contributed by atoms with E-state index in [-0.39, 0.29) is 21.9 Å². The van der Waals surface area contributed by atoms with Crippen molar-refractivity contribution in [3.8, 4) is 23.3 Å². The van der Waals surface area contributed by atoms with Crippen LogP contribution < -0.4 is 19.5 Å². The summed E-state index contributed by atoms with van der Waals surface area (Å²) in [6.45, 7) is -0.534. The number of methoxy groups -OCH3 is 3. The predicted octanol–water partition coefficient (Wildman–Crippen LogP) is 3.03. The van der Waals surface area contributed by atoms with Crippen molar-refractivity contribution in [3.05, 3.63) is 46.5 Å². The van der Waals surface area contributed by atoms with Gasteiger partial charge in [0.05, 0.1) is 31.9 Å². The minimum atomic E-state index is -0.772. The molecule has 8 nitrogen and oxygen atoms in total. The third-order valence-electron chi connectivity index (χ3n) is 3.63. The highest BCUT2D eigenvalue weighted by Crippen LogP contribution is 2.34. The van der Waals surface area contributed by atoms with Crippen LogP contribution in [0, 0.1) is 11.3 Å². The Balaban J connectivity index is 2.06. The van der Waals surface area contributed by atoms with Crippen molar-refractivity contribution in [2.24, 2.45) is 0 Å². The van der Waals surface area contributed by atoms with Crippen molar-refractivity contribution in [2.45, 2.75) is 0 Å². The first-order chi connectivity index (χ1) is 13.4. The van der Waals surface area contributed by atoms with Gasteiger partial charge in [0, 0.05) is 17.8 Å². The van der Waals surface area contributed by atoms with Crippen LogP contribution in [0.4, 0.5) is 5.69 Å². The maximum absolute atomic E-state index is 12.4. The number of amides is 1. The second kappa shape index (κ2) is 9.48. The smallest absolute Gasteiger partial charge is 0.342 e. The van der Waals surface area contributed by atoms with E-state index in [4.69, 9.17) is 35.8 Å². The summed E-state index contributed by atoms with van der Waals surface area (Å²) in [4.78, 5) is 24.4. The van der Waals surface area contributed by atoms with Crippen LogP contribution in [0.3, 0.4) is 0 Å². The van der Waals surface area contributed by atoms with Gasteiger partial charge in [0.1, 0.15) is 17.4 Å². The van der Waals surface area contributed by atoms with E-state index in [2.05, 4.69) is 5.32 Å². The van der Waals surface area contributed by atoms with E-state index in [9.17, 15) is 9.59 Å². The molecule has 0 atom stereocenters. The average molecular weight is 405 g/mol. The SMILES string of the molecule is COc1cc(OC)c(C(=O)OCC(=O)Nc2ccc(C#N)c(Cl)c2)cc1OC. The molecule has 0 saturated heterocycles. The van der Waals surface area contributed by atoms with Gasteiger partial charge in [0.25, 0.3) is 5.91 Å². The minimum Gasteiger partial charge on any atom is -0.496 e. The fourth-order valence-electron chi connectivity index (χ4n) is 2.28. The number of ether oxygens (including phenoxy) is 4. The van der Waals surface area contributed by atoms with E-state index >= 15 is 0 Å². The van der Waals surface area contributed by atoms with Gasteiger partial charge >= 0.3 is 5.97 Å². The topological polar surface area (TPSA) is 107 Å². The first kappa shape index (κ1) is 20.9. The molecule has 0 aromatic heterocycles. The Morgan fingerprint density at radius 1 is 1.04 bits per heavy atom. The monoisotopic (exact) mass is 404 g/mol.